The molecular weight excluding hydrogens is 447 g/mol. The smallest absolute Gasteiger partial charge is 0.321 e. The van der Waals surface area contributed by atoms with Gasteiger partial charge in [0.2, 0.25) is 11.9 Å². The SMILES string of the molecule is CCn1cc(Nc2ncc(-c3ccc(CC(=O)Nc4ccc(C(F)(F)F)cn4)cc3)cn2)cn1. The summed E-state index contributed by atoms with van der Waals surface area (Å²) in [6, 6.07) is 9.27. The van der Waals surface area contributed by atoms with Crippen molar-refractivity contribution in [3.05, 3.63) is 78.5 Å². The summed E-state index contributed by atoms with van der Waals surface area (Å²) in [5.74, 6) is 0.122. The number of carbonyl (C=O) groups is 1. The van der Waals surface area contributed by atoms with E-state index >= 15 is 0 Å². The zero-order chi connectivity index (χ0) is 24.1. The Kier molecular flexibility index (Phi) is 6.53. The highest BCUT2D eigenvalue weighted by Crippen LogP contribution is 2.29. The fraction of sp³-hybridized carbons (Fsp3) is 0.174. The van der Waals surface area contributed by atoms with Crippen LogP contribution in [-0.2, 0) is 23.9 Å². The van der Waals surface area contributed by atoms with Crippen molar-refractivity contribution in [1.29, 1.82) is 0 Å². The van der Waals surface area contributed by atoms with Crippen LogP contribution in [-0.4, -0.2) is 30.6 Å². The van der Waals surface area contributed by atoms with Gasteiger partial charge in [-0.1, -0.05) is 24.3 Å². The maximum absolute atomic E-state index is 12.6. The van der Waals surface area contributed by atoms with Crippen LogP contribution in [0.15, 0.2) is 67.4 Å². The number of nitrogens with zero attached hydrogens (tertiary/aromatic N) is 5. The van der Waals surface area contributed by atoms with E-state index in [9.17, 15) is 18.0 Å². The van der Waals surface area contributed by atoms with Crippen molar-refractivity contribution in [2.75, 3.05) is 10.6 Å². The average molecular weight is 467 g/mol. The molecule has 0 aliphatic carbocycles. The second-order valence-corrected chi connectivity index (χ2v) is 7.36. The van der Waals surface area contributed by atoms with E-state index in [1.54, 1.807) is 35.4 Å². The Hall–Kier alpha value is -4.28. The largest absolute Gasteiger partial charge is 0.417 e. The molecule has 0 fully saturated rings. The predicted octanol–water partition coefficient (Wildman–Crippen LogP) is 4.70. The molecule has 0 radical (unpaired) electrons. The van der Waals surface area contributed by atoms with Gasteiger partial charge in [0.15, 0.2) is 0 Å². The van der Waals surface area contributed by atoms with Crippen molar-refractivity contribution in [2.45, 2.75) is 26.1 Å². The van der Waals surface area contributed by atoms with E-state index in [1.807, 2.05) is 25.3 Å². The van der Waals surface area contributed by atoms with Crippen LogP contribution in [0.5, 0.6) is 0 Å². The molecule has 3 aromatic heterocycles. The number of hydrogen-bond acceptors (Lipinski definition) is 6. The highest BCUT2D eigenvalue weighted by molar-refractivity contribution is 5.91. The molecule has 1 aromatic carbocycles. The van der Waals surface area contributed by atoms with Crippen molar-refractivity contribution in [2.24, 2.45) is 0 Å². The third-order valence-corrected chi connectivity index (χ3v) is 4.88. The first kappa shape index (κ1) is 22.9. The van der Waals surface area contributed by atoms with Crippen molar-refractivity contribution < 1.29 is 18.0 Å². The summed E-state index contributed by atoms with van der Waals surface area (Å²) in [4.78, 5) is 24.5. The molecule has 0 spiro atoms. The van der Waals surface area contributed by atoms with Crippen molar-refractivity contribution in [3.8, 4) is 11.1 Å². The number of halogens is 3. The van der Waals surface area contributed by atoms with E-state index in [1.165, 1.54) is 0 Å². The Balaban J connectivity index is 1.34. The van der Waals surface area contributed by atoms with Gasteiger partial charge in [-0.15, -0.1) is 0 Å². The van der Waals surface area contributed by atoms with E-state index in [4.69, 9.17) is 0 Å². The molecule has 2 N–H and O–H groups in total. The number of nitrogens with one attached hydrogen (secondary N) is 2. The summed E-state index contributed by atoms with van der Waals surface area (Å²) < 4.78 is 39.6. The van der Waals surface area contributed by atoms with Crippen LogP contribution in [0.3, 0.4) is 0 Å². The Labute approximate surface area is 192 Å². The average Bonchev–Trinajstić information content (AvgIpc) is 3.27. The van der Waals surface area contributed by atoms with Gasteiger partial charge in [0.25, 0.3) is 0 Å². The van der Waals surface area contributed by atoms with Gasteiger partial charge in [-0.05, 0) is 30.2 Å². The highest BCUT2D eigenvalue weighted by atomic mass is 19.4. The second-order valence-electron chi connectivity index (χ2n) is 7.36. The Bertz CT molecular complexity index is 1250. The lowest BCUT2D eigenvalue weighted by molar-refractivity contribution is -0.137. The van der Waals surface area contributed by atoms with Crippen molar-refractivity contribution in [3.63, 3.8) is 0 Å². The maximum atomic E-state index is 12.6. The molecule has 8 nitrogen and oxygen atoms in total. The molecular formula is C23H20F3N7O. The number of amides is 1. The Morgan fingerprint density at radius 2 is 1.68 bits per heavy atom. The minimum absolute atomic E-state index is 0.0494. The van der Waals surface area contributed by atoms with Gasteiger partial charge in [0, 0.05) is 36.9 Å². The van der Waals surface area contributed by atoms with E-state index in [0.717, 1.165) is 41.1 Å². The van der Waals surface area contributed by atoms with Gasteiger partial charge >= 0.3 is 6.18 Å². The summed E-state index contributed by atoms with van der Waals surface area (Å²) in [5.41, 5.74) is 2.34. The van der Waals surface area contributed by atoms with Gasteiger partial charge < -0.3 is 10.6 Å². The van der Waals surface area contributed by atoms with Gasteiger partial charge in [0.05, 0.1) is 23.9 Å². The van der Waals surface area contributed by atoms with Crippen LogP contribution in [0.4, 0.5) is 30.6 Å². The molecule has 11 heteroatoms. The highest BCUT2D eigenvalue weighted by Gasteiger charge is 2.30. The molecule has 0 bridgehead atoms. The summed E-state index contributed by atoms with van der Waals surface area (Å²) >= 11 is 0. The van der Waals surface area contributed by atoms with Gasteiger partial charge in [-0.3, -0.25) is 9.48 Å². The van der Waals surface area contributed by atoms with Crippen LogP contribution in [0.1, 0.15) is 18.1 Å². The van der Waals surface area contributed by atoms with E-state index in [0.29, 0.717) is 12.1 Å². The quantitative estimate of drug-likeness (QED) is 0.409. The van der Waals surface area contributed by atoms with Gasteiger partial charge in [-0.2, -0.15) is 18.3 Å². The first-order chi connectivity index (χ1) is 16.3. The number of carbonyl (C=O) groups excluding carboxylic acids is 1. The molecule has 34 heavy (non-hydrogen) atoms. The number of aromatic nitrogens is 5. The number of aryl methyl sites for hydroxylation is 1. The molecule has 0 unspecified atom stereocenters. The first-order valence-corrected chi connectivity index (χ1v) is 10.3. The van der Waals surface area contributed by atoms with Crippen LogP contribution in [0.2, 0.25) is 0 Å². The molecule has 0 saturated heterocycles. The van der Waals surface area contributed by atoms with Crippen LogP contribution in [0.25, 0.3) is 11.1 Å². The molecule has 0 aliphatic rings. The first-order valence-electron chi connectivity index (χ1n) is 10.3. The molecule has 0 saturated carbocycles. The fourth-order valence-corrected chi connectivity index (χ4v) is 3.09. The molecule has 174 valence electrons. The number of hydrogen-bond donors (Lipinski definition) is 2. The molecule has 4 rings (SSSR count). The lowest BCUT2D eigenvalue weighted by Gasteiger charge is -2.08. The number of pyridine rings is 1. The summed E-state index contributed by atoms with van der Waals surface area (Å²) in [7, 11) is 0. The number of anilines is 3. The van der Waals surface area contributed by atoms with E-state index < -0.39 is 11.7 Å². The molecule has 4 aromatic rings. The van der Waals surface area contributed by atoms with E-state index in [-0.39, 0.29) is 18.1 Å². The predicted molar refractivity (Wildman–Crippen MR) is 120 cm³/mol. The molecule has 3 heterocycles. The topological polar surface area (TPSA) is 97.6 Å². The van der Waals surface area contributed by atoms with Gasteiger partial charge in [0.1, 0.15) is 5.82 Å². The zero-order valence-electron chi connectivity index (χ0n) is 18.0. The standard InChI is InChI=1S/C23H20F3N7O/c1-2-33-14-19(13-30-33)31-22-28-10-17(11-29-22)16-5-3-15(4-6-16)9-21(34)32-20-8-7-18(12-27-20)23(24,25)26/h3-8,10-14H,2,9H2,1H3,(H,27,32,34)(H,28,29,31). The Morgan fingerprint density at radius 3 is 2.26 bits per heavy atom. The second kappa shape index (κ2) is 9.69. The molecule has 0 aliphatic heterocycles. The van der Waals surface area contributed by atoms with Crippen LogP contribution in [0, 0.1) is 0 Å². The third-order valence-electron chi connectivity index (χ3n) is 4.88. The van der Waals surface area contributed by atoms with Crippen molar-refractivity contribution >= 4 is 23.4 Å². The van der Waals surface area contributed by atoms with E-state index in [2.05, 4.69) is 30.7 Å². The van der Waals surface area contributed by atoms with Crippen molar-refractivity contribution in [1.82, 2.24) is 24.7 Å². The molecule has 0 atom stereocenters. The van der Waals surface area contributed by atoms with Crippen LogP contribution >= 0.6 is 0 Å². The Morgan fingerprint density at radius 1 is 0.941 bits per heavy atom. The lowest BCUT2D eigenvalue weighted by atomic mass is 10.1. The lowest BCUT2D eigenvalue weighted by Crippen LogP contribution is -2.15. The summed E-state index contributed by atoms with van der Waals surface area (Å²) in [5, 5.41) is 9.77. The maximum Gasteiger partial charge on any atom is 0.417 e. The number of alkyl halides is 3. The monoisotopic (exact) mass is 467 g/mol. The number of benzene rings is 1. The normalized spacial score (nSPS) is 11.3. The zero-order valence-corrected chi connectivity index (χ0v) is 18.0. The minimum Gasteiger partial charge on any atom is -0.321 e. The van der Waals surface area contributed by atoms with Gasteiger partial charge in [-0.25, -0.2) is 15.0 Å². The molecule has 1 amide bonds. The third kappa shape index (κ3) is 5.74. The number of rotatable bonds is 7. The minimum atomic E-state index is -4.47. The van der Waals surface area contributed by atoms with Crippen LogP contribution < -0.4 is 10.6 Å². The summed E-state index contributed by atoms with van der Waals surface area (Å²) in [6.45, 7) is 2.77. The fourth-order valence-electron chi connectivity index (χ4n) is 3.09. The summed E-state index contributed by atoms with van der Waals surface area (Å²) in [6.07, 6.45) is 3.20.